The number of nitrogens with zero attached hydrogens (tertiary/aromatic N) is 3. The van der Waals surface area contributed by atoms with E-state index in [1.165, 1.54) is 25.7 Å². The maximum atomic E-state index is 14.2. The Hall–Kier alpha value is -2.27. The van der Waals surface area contributed by atoms with Crippen LogP contribution in [0.1, 0.15) is 11.3 Å². The number of aryl methyl sites for hydroxylation is 1. The van der Waals surface area contributed by atoms with Gasteiger partial charge in [0.05, 0.1) is 5.52 Å². The summed E-state index contributed by atoms with van der Waals surface area (Å²) in [6.45, 7) is 6.93. The highest BCUT2D eigenvalue weighted by atomic mass is 31.2. The van der Waals surface area contributed by atoms with Gasteiger partial charge in [0.2, 0.25) is 0 Å². The number of anilines is 2. The highest BCUT2D eigenvalue weighted by Crippen LogP contribution is 2.37. The van der Waals surface area contributed by atoms with Gasteiger partial charge in [0.15, 0.2) is 5.82 Å². The molecule has 6 nitrogen and oxygen atoms in total. The summed E-state index contributed by atoms with van der Waals surface area (Å²) in [7, 11) is -2.75. The number of fused-ring (bicyclic) bond motifs is 1. The Bertz CT molecular complexity index is 946. The number of hydrogen-bond donors (Lipinski definition) is 2. The van der Waals surface area contributed by atoms with Gasteiger partial charge >= 0.3 is 0 Å². The molecule has 0 aliphatic carbocycles. The van der Waals surface area contributed by atoms with Gasteiger partial charge in [-0.15, -0.1) is 0 Å². The fourth-order valence-corrected chi connectivity index (χ4v) is 3.32. The van der Waals surface area contributed by atoms with Crippen LogP contribution in [0.25, 0.3) is 10.9 Å². The molecule has 8 heteroatoms. The normalized spacial score (nSPS) is 11.9. The van der Waals surface area contributed by atoms with Crippen LogP contribution >= 0.6 is 7.14 Å². The van der Waals surface area contributed by atoms with Gasteiger partial charge in [-0.2, -0.15) is 5.10 Å². The third-order valence-corrected chi connectivity index (χ3v) is 5.28. The van der Waals surface area contributed by atoms with E-state index in [-0.39, 0.29) is 5.30 Å². The van der Waals surface area contributed by atoms with E-state index >= 15 is 0 Å². The van der Waals surface area contributed by atoms with Crippen LogP contribution in [0.15, 0.2) is 18.5 Å². The SMILES string of the molecule is Cc1[nH]nc(Nc2ncnc3cc(F)c(P(C)(C)=O)cc23)c1C. The third kappa shape index (κ3) is 2.84. The van der Waals surface area contributed by atoms with Gasteiger partial charge in [-0.25, -0.2) is 14.4 Å². The number of rotatable bonds is 3. The van der Waals surface area contributed by atoms with E-state index < -0.39 is 13.0 Å². The molecule has 120 valence electrons. The van der Waals surface area contributed by atoms with E-state index in [9.17, 15) is 8.96 Å². The summed E-state index contributed by atoms with van der Waals surface area (Å²) in [6, 6.07) is 2.85. The number of aromatic nitrogens is 4. The molecule has 1 aromatic carbocycles. The lowest BCUT2D eigenvalue weighted by molar-refractivity contribution is 0.585. The summed E-state index contributed by atoms with van der Waals surface area (Å²) in [5.41, 5.74) is 2.36. The van der Waals surface area contributed by atoms with Crippen LogP contribution < -0.4 is 10.6 Å². The predicted molar refractivity (Wildman–Crippen MR) is 89.9 cm³/mol. The van der Waals surface area contributed by atoms with Crippen LogP contribution in [0.5, 0.6) is 0 Å². The molecular weight excluding hydrogens is 316 g/mol. The zero-order valence-electron chi connectivity index (χ0n) is 13.3. The molecule has 3 rings (SSSR count). The van der Waals surface area contributed by atoms with Crippen molar-refractivity contribution in [3.8, 4) is 0 Å². The van der Waals surface area contributed by atoms with Crippen molar-refractivity contribution in [2.75, 3.05) is 18.6 Å². The number of H-pyrrole nitrogens is 1. The molecule has 0 atom stereocenters. The first-order valence-electron chi connectivity index (χ1n) is 7.06. The van der Waals surface area contributed by atoms with Crippen molar-refractivity contribution in [1.82, 2.24) is 20.2 Å². The van der Waals surface area contributed by atoms with Crippen LogP contribution in [-0.4, -0.2) is 33.5 Å². The minimum Gasteiger partial charge on any atom is -0.323 e. The second-order valence-corrected chi connectivity index (χ2v) is 9.02. The lowest BCUT2D eigenvalue weighted by Gasteiger charge is -2.12. The highest BCUT2D eigenvalue weighted by molar-refractivity contribution is 7.70. The smallest absolute Gasteiger partial charge is 0.156 e. The molecule has 0 unspecified atom stereocenters. The molecule has 0 fully saturated rings. The summed E-state index contributed by atoms with van der Waals surface area (Å²) in [5.74, 6) is 0.631. The first-order valence-corrected chi connectivity index (χ1v) is 9.66. The Morgan fingerprint density at radius 3 is 2.52 bits per heavy atom. The summed E-state index contributed by atoms with van der Waals surface area (Å²) >= 11 is 0. The average molecular weight is 333 g/mol. The molecular formula is C15H17FN5OP. The number of hydrogen-bond acceptors (Lipinski definition) is 5. The first-order chi connectivity index (χ1) is 10.8. The topological polar surface area (TPSA) is 83.6 Å². The van der Waals surface area contributed by atoms with Crippen LogP contribution in [0.4, 0.5) is 16.0 Å². The van der Waals surface area contributed by atoms with E-state index in [1.54, 1.807) is 6.07 Å². The van der Waals surface area contributed by atoms with E-state index in [4.69, 9.17) is 0 Å². The van der Waals surface area contributed by atoms with Gasteiger partial charge in [-0.3, -0.25) is 5.10 Å². The monoisotopic (exact) mass is 333 g/mol. The summed E-state index contributed by atoms with van der Waals surface area (Å²) in [4.78, 5) is 8.30. The van der Waals surface area contributed by atoms with E-state index in [1.807, 2.05) is 13.8 Å². The minimum atomic E-state index is -2.75. The average Bonchev–Trinajstić information content (AvgIpc) is 2.77. The van der Waals surface area contributed by atoms with Crippen LogP contribution in [0.2, 0.25) is 0 Å². The van der Waals surface area contributed by atoms with E-state index in [0.29, 0.717) is 22.5 Å². The molecule has 0 saturated heterocycles. The van der Waals surface area contributed by atoms with Crippen molar-refractivity contribution >= 4 is 35.0 Å². The van der Waals surface area contributed by atoms with Crippen molar-refractivity contribution in [1.29, 1.82) is 0 Å². The van der Waals surface area contributed by atoms with Crippen molar-refractivity contribution in [2.45, 2.75) is 13.8 Å². The quantitative estimate of drug-likeness (QED) is 0.720. The number of benzene rings is 1. The molecule has 3 aromatic rings. The molecule has 0 aliphatic rings. The first kappa shape index (κ1) is 15.6. The molecule has 0 radical (unpaired) electrons. The Labute approximate surface area is 132 Å². The Balaban J connectivity index is 2.17. The molecule has 0 bridgehead atoms. The van der Waals surface area contributed by atoms with Crippen molar-refractivity contribution in [3.63, 3.8) is 0 Å². The second-order valence-electron chi connectivity index (χ2n) is 5.84. The zero-order chi connectivity index (χ0) is 16.8. The molecule has 23 heavy (non-hydrogen) atoms. The molecule has 0 spiro atoms. The Morgan fingerprint density at radius 1 is 1.17 bits per heavy atom. The van der Waals surface area contributed by atoms with Gasteiger partial charge in [-0.05, 0) is 33.2 Å². The predicted octanol–water partition coefficient (Wildman–Crippen LogP) is 3.10. The van der Waals surface area contributed by atoms with E-state index in [0.717, 1.165) is 11.3 Å². The van der Waals surface area contributed by atoms with Gasteiger partial charge < -0.3 is 9.88 Å². The van der Waals surface area contributed by atoms with Gasteiger partial charge in [0.1, 0.15) is 25.1 Å². The Kier molecular flexibility index (Phi) is 3.68. The van der Waals surface area contributed by atoms with Gasteiger partial charge in [0.25, 0.3) is 0 Å². The second kappa shape index (κ2) is 5.42. The number of halogens is 1. The van der Waals surface area contributed by atoms with E-state index in [2.05, 4.69) is 25.5 Å². The van der Waals surface area contributed by atoms with Gasteiger partial charge in [0, 0.05) is 28.0 Å². The molecule has 2 heterocycles. The van der Waals surface area contributed by atoms with Crippen LogP contribution in [0.3, 0.4) is 0 Å². The summed E-state index contributed by atoms with van der Waals surface area (Å²) in [5, 5.41) is 11.0. The van der Waals surface area contributed by atoms with Crippen molar-refractivity contribution < 1.29 is 8.96 Å². The number of nitrogens with one attached hydrogen (secondary N) is 2. The Morgan fingerprint density at radius 2 is 1.91 bits per heavy atom. The highest BCUT2D eigenvalue weighted by Gasteiger charge is 2.19. The molecule has 2 N–H and O–H groups in total. The summed E-state index contributed by atoms with van der Waals surface area (Å²) in [6.07, 6.45) is 1.36. The number of aromatic amines is 1. The molecule has 0 saturated carbocycles. The molecule has 0 aliphatic heterocycles. The maximum absolute atomic E-state index is 14.2. The minimum absolute atomic E-state index is 0.192. The zero-order valence-corrected chi connectivity index (χ0v) is 14.2. The van der Waals surface area contributed by atoms with Gasteiger partial charge in [-0.1, -0.05) is 0 Å². The lowest BCUT2D eigenvalue weighted by atomic mass is 10.2. The summed E-state index contributed by atoms with van der Waals surface area (Å²) < 4.78 is 26.5. The van der Waals surface area contributed by atoms with Crippen LogP contribution in [0, 0.1) is 19.7 Å². The lowest BCUT2D eigenvalue weighted by Crippen LogP contribution is -2.10. The standard InChI is InChI=1S/C15H17FN5OP/c1-8-9(2)20-21-14(8)19-15-10-5-13(23(3,4)22)11(16)6-12(10)17-7-18-15/h5-7H,1-4H3,(H2,17,18,19,20,21). The fourth-order valence-electron chi connectivity index (χ4n) is 2.30. The molecule has 0 amide bonds. The largest absolute Gasteiger partial charge is 0.323 e. The maximum Gasteiger partial charge on any atom is 0.156 e. The third-order valence-electron chi connectivity index (χ3n) is 3.77. The van der Waals surface area contributed by atoms with Crippen molar-refractivity contribution in [2.24, 2.45) is 0 Å². The van der Waals surface area contributed by atoms with Crippen LogP contribution in [-0.2, 0) is 4.57 Å². The molecule has 2 aromatic heterocycles. The van der Waals surface area contributed by atoms with Crippen molar-refractivity contribution in [3.05, 3.63) is 35.5 Å². The fraction of sp³-hybridized carbons (Fsp3) is 0.267.